The molecule has 1 N–H and O–H groups in total. The van der Waals surface area contributed by atoms with E-state index in [1.807, 2.05) is 13.0 Å². The van der Waals surface area contributed by atoms with Crippen molar-refractivity contribution < 1.29 is 18.7 Å². The lowest BCUT2D eigenvalue weighted by Gasteiger charge is -2.24. The van der Waals surface area contributed by atoms with Crippen molar-refractivity contribution in [3.05, 3.63) is 24.0 Å². The molecule has 3 rings (SSSR count). The van der Waals surface area contributed by atoms with Gasteiger partial charge in [0.2, 0.25) is 5.89 Å². The van der Waals surface area contributed by atoms with Crippen molar-refractivity contribution in [2.45, 2.75) is 45.4 Å². The fourth-order valence-corrected chi connectivity index (χ4v) is 3.18. The molecule has 0 aromatic carbocycles. The summed E-state index contributed by atoms with van der Waals surface area (Å²) in [6.45, 7) is 1.85. The summed E-state index contributed by atoms with van der Waals surface area (Å²) in [5.41, 5.74) is 0.520. The molecule has 112 valence electrons. The number of aromatic nitrogens is 2. The number of hydrogen-bond acceptors (Lipinski definition) is 5. The van der Waals surface area contributed by atoms with Crippen LogP contribution in [0.5, 0.6) is 0 Å². The van der Waals surface area contributed by atoms with Gasteiger partial charge in [-0.25, -0.2) is 0 Å². The third-order valence-electron chi connectivity index (χ3n) is 4.16. The smallest absolute Gasteiger partial charge is 0.303 e. The molecule has 0 bridgehead atoms. The Labute approximate surface area is 122 Å². The molecule has 0 unspecified atom stereocenters. The number of furan rings is 1. The molecular formula is C15H18N2O4. The van der Waals surface area contributed by atoms with Gasteiger partial charge in [-0.2, -0.15) is 0 Å². The number of aryl methyl sites for hydroxylation is 1. The molecule has 2 heterocycles. The van der Waals surface area contributed by atoms with Crippen LogP contribution in [0.1, 0.15) is 43.8 Å². The van der Waals surface area contributed by atoms with E-state index in [1.165, 1.54) is 0 Å². The van der Waals surface area contributed by atoms with E-state index in [0.29, 0.717) is 18.2 Å². The zero-order valence-corrected chi connectivity index (χ0v) is 12.0. The van der Waals surface area contributed by atoms with Gasteiger partial charge in [-0.05, 0) is 31.2 Å². The Bertz CT molecular complexity index is 638. The van der Waals surface area contributed by atoms with Crippen molar-refractivity contribution >= 4 is 5.97 Å². The van der Waals surface area contributed by atoms with Gasteiger partial charge in [-0.3, -0.25) is 4.79 Å². The van der Waals surface area contributed by atoms with Crippen LogP contribution >= 0.6 is 0 Å². The third-order valence-corrected chi connectivity index (χ3v) is 4.16. The first-order valence-corrected chi connectivity index (χ1v) is 7.16. The predicted octanol–water partition coefficient (Wildman–Crippen LogP) is 3.22. The van der Waals surface area contributed by atoms with Gasteiger partial charge in [0, 0.05) is 6.42 Å². The maximum absolute atomic E-state index is 11.1. The lowest BCUT2D eigenvalue weighted by molar-refractivity contribution is -0.139. The number of hydrogen-bond donors (Lipinski definition) is 1. The van der Waals surface area contributed by atoms with Crippen molar-refractivity contribution in [1.29, 1.82) is 0 Å². The van der Waals surface area contributed by atoms with Crippen LogP contribution < -0.4 is 0 Å². The summed E-state index contributed by atoms with van der Waals surface area (Å²) >= 11 is 0. The van der Waals surface area contributed by atoms with E-state index in [2.05, 4.69) is 10.2 Å². The van der Waals surface area contributed by atoms with E-state index in [-0.39, 0.29) is 11.8 Å². The van der Waals surface area contributed by atoms with E-state index in [1.54, 1.807) is 6.26 Å². The number of carbonyl (C=O) groups is 1. The molecule has 2 aromatic rings. The summed E-state index contributed by atoms with van der Waals surface area (Å²) < 4.78 is 10.9. The Hall–Kier alpha value is -2.11. The van der Waals surface area contributed by atoms with Gasteiger partial charge in [0.1, 0.15) is 12.0 Å². The van der Waals surface area contributed by atoms with Crippen LogP contribution in [0.25, 0.3) is 11.5 Å². The predicted molar refractivity (Wildman–Crippen MR) is 73.6 cm³/mol. The highest BCUT2D eigenvalue weighted by Crippen LogP contribution is 2.43. The maximum atomic E-state index is 11.1. The van der Waals surface area contributed by atoms with Crippen molar-refractivity contribution in [2.24, 2.45) is 5.41 Å². The summed E-state index contributed by atoms with van der Waals surface area (Å²) in [5.74, 6) is 0.947. The summed E-state index contributed by atoms with van der Waals surface area (Å²) in [4.78, 5) is 11.1. The highest BCUT2D eigenvalue weighted by Gasteiger charge is 2.37. The van der Waals surface area contributed by atoms with E-state index in [4.69, 9.17) is 13.9 Å². The summed E-state index contributed by atoms with van der Waals surface area (Å²) in [6.07, 6.45) is 6.21. The van der Waals surface area contributed by atoms with Crippen LogP contribution in [-0.2, 0) is 11.2 Å². The molecule has 1 fully saturated rings. The molecule has 21 heavy (non-hydrogen) atoms. The van der Waals surface area contributed by atoms with Crippen LogP contribution in [0.15, 0.2) is 21.2 Å². The van der Waals surface area contributed by atoms with Crippen LogP contribution in [0, 0.1) is 12.3 Å². The summed E-state index contributed by atoms with van der Waals surface area (Å²) in [7, 11) is 0. The fraction of sp³-hybridized carbons (Fsp3) is 0.533. The maximum Gasteiger partial charge on any atom is 0.303 e. The van der Waals surface area contributed by atoms with Crippen molar-refractivity contribution in [2.75, 3.05) is 0 Å². The lowest BCUT2D eigenvalue weighted by Crippen LogP contribution is -2.23. The van der Waals surface area contributed by atoms with Gasteiger partial charge in [0.05, 0.1) is 12.0 Å². The summed E-state index contributed by atoms with van der Waals surface area (Å²) in [6, 6.07) is 1.83. The fourth-order valence-electron chi connectivity index (χ4n) is 3.18. The SMILES string of the molecule is Cc1cc(-c2nnc(CC3(CC(=O)O)CCCC3)o2)co1. The topological polar surface area (TPSA) is 89.4 Å². The first-order valence-electron chi connectivity index (χ1n) is 7.16. The zero-order valence-electron chi connectivity index (χ0n) is 12.0. The van der Waals surface area contributed by atoms with Gasteiger partial charge < -0.3 is 13.9 Å². The van der Waals surface area contributed by atoms with Crippen LogP contribution in [0.2, 0.25) is 0 Å². The Balaban J connectivity index is 1.78. The van der Waals surface area contributed by atoms with Gasteiger partial charge >= 0.3 is 5.97 Å². The standard InChI is InChI=1S/C15H18N2O4/c1-10-6-11(9-20-10)14-17-16-12(21-14)7-15(8-13(18)19)4-2-3-5-15/h6,9H,2-5,7-8H2,1H3,(H,18,19). The van der Waals surface area contributed by atoms with E-state index in [0.717, 1.165) is 37.0 Å². The summed E-state index contributed by atoms with van der Waals surface area (Å²) in [5, 5.41) is 17.2. The Morgan fingerprint density at radius 1 is 1.38 bits per heavy atom. The largest absolute Gasteiger partial charge is 0.481 e. The molecular weight excluding hydrogens is 272 g/mol. The quantitative estimate of drug-likeness (QED) is 0.909. The minimum Gasteiger partial charge on any atom is -0.481 e. The number of rotatable bonds is 5. The van der Waals surface area contributed by atoms with E-state index >= 15 is 0 Å². The van der Waals surface area contributed by atoms with Crippen LogP contribution in [0.3, 0.4) is 0 Å². The lowest BCUT2D eigenvalue weighted by atomic mass is 9.79. The molecule has 0 atom stereocenters. The van der Waals surface area contributed by atoms with Crippen LogP contribution in [0.4, 0.5) is 0 Å². The highest BCUT2D eigenvalue weighted by atomic mass is 16.4. The van der Waals surface area contributed by atoms with Crippen LogP contribution in [-0.4, -0.2) is 21.3 Å². The number of aliphatic carboxylic acids is 1. The molecule has 0 amide bonds. The first-order chi connectivity index (χ1) is 10.1. The number of carboxylic acid groups (broad SMARTS) is 1. The molecule has 1 aliphatic rings. The monoisotopic (exact) mass is 290 g/mol. The molecule has 0 radical (unpaired) electrons. The Kier molecular flexibility index (Phi) is 3.53. The molecule has 1 saturated carbocycles. The molecule has 0 saturated heterocycles. The molecule has 1 aliphatic carbocycles. The minimum absolute atomic E-state index is 0.162. The van der Waals surface area contributed by atoms with Crippen molar-refractivity contribution in [3.63, 3.8) is 0 Å². The minimum atomic E-state index is -0.762. The third kappa shape index (κ3) is 2.99. The normalized spacial score (nSPS) is 17.2. The first kappa shape index (κ1) is 13.9. The molecule has 0 spiro atoms. The molecule has 2 aromatic heterocycles. The second kappa shape index (κ2) is 5.35. The Morgan fingerprint density at radius 3 is 2.76 bits per heavy atom. The number of nitrogens with zero attached hydrogens (tertiary/aromatic N) is 2. The van der Waals surface area contributed by atoms with E-state index < -0.39 is 5.97 Å². The average Bonchev–Trinajstić information content (AvgIpc) is 3.11. The second-order valence-corrected chi connectivity index (χ2v) is 5.90. The van der Waals surface area contributed by atoms with Gasteiger partial charge in [0.15, 0.2) is 0 Å². The van der Waals surface area contributed by atoms with E-state index in [9.17, 15) is 4.79 Å². The van der Waals surface area contributed by atoms with Crippen molar-refractivity contribution in [1.82, 2.24) is 10.2 Å². The molecule has 6 nitrogen and oxygen atoms in total. The number of carboxylic acids is 1. The zero-order chi connectivity index (χ0) is 14.9. The molecule has 6 heteroatoms. The van der Waals surface area contributed by atoms with Gasteiger partial charge in [-0.1, -0.05) is 12.8 Å². The average molecular weight is 290 g/mol. The highest BCUT2D eigenvalue weighted by molar-refractivity contribution is 5.67. The van der Waals surface area contributed by atoms with Gasteiger partial charge in [-0.15, -0.1) is 10.2 Å². The van der Waals surface area contributed by atoms with Gasteiger partial charge in [0.25, 0.3) is 5.89 Å². The second-order valence-electron chi connectivity index (χ2n) is 5.90. The molecule has 0 aliphatic heterocycles. The Morgan fingerprint density at radius 2 is 2.14 bits per heavy atom. The van der Waals surface area contributed by atoms with Crippen molar-refractivity contribution in [3.8, 4) is 11.5 Å².